The molecule has 0 saturated carbocycles. The number of hydrogen-bond acceptors (Lipinski definition) is 6. The van der Waals surface area contributed by atoms with Crippen molar-refractivity contribution in [2.24, 2.45) is 5.10 Å². The van der Waals surface area contributed by atoms with Gasteiger partial charge in [0.05, 0.1) is 11.9 Å². The smallest absolute Gasteiger partial charge is 0.336 e. The quantitative estimate of drug-likeness (QED) is 0.659. The molecule has 0 radical (unpaired) electrons. The maximum atomic E-state index is 13.1. The van der Waals surface area contributed by atoms with Gasteiger partial charge in [-0.25, -0.2) is 4.79 Å². The highest BCUT2D eigenvalue weighted by molar-refractivity contribution is 6.01. The number of nitrogens with one attached hydrogen (secondary N) is 2. The maximum Gasteiger partial charge on any atom is 0.348 e. The number of benzene rings is 2. The third-order valence-electron chi connectivity index (χ3n) is 5.80. The van der Waals surface area contributed by atoms with Crippen molar-refractivity contribution < 1.29 is 9.59 Å². The van der Waals surface area contributed by atoms with Gasteiger partial charge in [0.25, 0.3) is 5.91 Å². The zero-order chi connectivity index (χ0) is 23.8. The van der Waals surface area contributed by atoms with Crippen molar-refractivity contribution in [3.05, 3.63) is 72.4 Å². The largest absolute Gasteiger partial charge is 0.348 e. The molecule has 2 aliphatic heterocycles. The number of nitrogens with zero attached hydrogens (tertiary/aromatic N) is 5. The van der Waals surface area contributed by atoms with Crippen LogP contribution in [0.5, 0.6) is 0 Å². The maximum absolute atomic E-state index is 13.1. The lowest BCUT2D eigenvalue weighted by molar-refractivity contribution is 0.0635. The van der Waals surface area contributed by atoms with Crippen molar-refractivity contribution in [2.45, 2.75) is 19.8 Å². The average molecular weight is 462 g/mol. The molecule has 0 unspecified atom stereocenters. The van der Waals surface area contributed by atoms with E-state index in [1.54, 1.807) is 42.8 Å². The Kier molecular flexibility index (Phi) is 7.77. The zero-order valence-corrected chi connectivity index (χ0v) is 19.4. The minimum absolute atomic E-state index is 0.0255. The van der Waals surface area contributed by atoms with Gasteiger partial charge >= 0.3 is 6.03 Å². The van der Waals surface area contributed by atoms with E-state index in [9.17, 15) is 9.59 Å². The van der Waals surface area contributed by atoms with E-state index < -0.39 is 6.03 Å². The molecule has 2 heterocycles. The minimum atomic E-state index is -0.395. The number of allylic oxidation sites excluding steroid dienone is 1. The monoisotopic (exact) mass is 461 g/mol. The second-order valence-corrected chi connectivity index (χ2v) is 8.18. The van der Waals surface area contributed by atoms with E-state index in [0.29, 0.717) is 16.9 Å². The van der Waals surface area contributed by atoms with Crippen LogP contribution in [0.15, 0.2) is 72.0 Å². The van der Waals surface area contributed by atoms with Gasteiger partial charge < -0.3 is 10.2 Å². The van der Waals surface area contributed by atoms with Gasteiger partial charge in [-0.1, -0.05) is 36.8 Å². The number of hydrazone groups is 1. The highest BCUT2D eigenvalue weighted by Gasteiger charge is 2.24. The predicted octanol–water partition coefficient (Wildman–Crippen LogP) is 3.52. The van der Waals surface area contributed by atoms with Crippen molar-refractivity contribution in [1.82, 2.24) is 20.5 Å². The summed E-state index contributed by atoms with van der Waals surface area (Å²) in [5.74, 6) is 0.0255. The number of para-hydroxylation sites is 1. The summed E-state index contributed by atoms with van der Waals surface area (Å²) in [6.07, 6.45) is 7.38. The number of urea groups is 1. The number of anilines is 2. The molecular formula is C25H31N7O2. The first-order valence-electron chi connectivity index (χ1n) is 11.7. The molecule has 2 aliphatic rings. The molecule has 2 N–H and O–H groups in total. The Morgan fingerprint density at radius 2 is 1.76 bits per heavy atom. The number of hydrogen-bond donors (Lipinski definition) is 2. The summed E-state index contributed by atoms with van der Waals surface area (Å²) in [6.45, 7) is 6.60. The Morgan fingerprint density at radius 3 is 2.41 bits per heavy atom. The van der Waals surface area contributed by atoms with E-state index in [4.69, 9.17) is 0 Å². The van der Waals surface area contributed by atoms with Crippen molar-refractivity contribution >= 4 is 29.5 Å². The van der Waals surface area contributed by atoms with E-state index in [-0.39, 0.29) is 5.91 Å². The lowest BCUT2D eigenvalue weighted by Gasteiger charge is -2.34. The van der Waals surface area contributed by atoms with Gasteiger partial charge in [-0.15, -0.1) is 5.10 Å². The van der Waals surface area contributed by atoms with E-state index in [1.165, 1.54) is 23.1 Å². The van der Waals surface area contributed by atoms with Gasteiger partial charge in [0.15, 0.2) is 0 Å². The molecule has 4 rings (SSSR count). The summed E-state index contributed by atoms with van der Waals surface area (Å²) in [5, 5.41) is 9.82. The molecule has 0 atom stereocenters. The average Bonchev–Trinajstić information content (AvgIpc) is 2.89. The number of carbonyl (C=O) groups excluding carboxylic acids is 2. The summed E-state index contributed by atoms with van der Waals surface area (Å²) < 4.78 is 0. The lowest BCUT2D eigenvalue weighted by atomic mass is 10.1. The Morgan fingerprint density at radius 1 is 1.03 bits per heavy atom. The fourth-order valence-electron chi connectivity index (χ4n) is 3.89. The van der Waals surface area contributed by atoms with Crippen LogP contribution in [-0.4, -0.2) is 65.9 Å². The number of carbonyl (C=O) groups is 2. The Labute approximate surface area is 200 Å². The first kappa shape index (κ1) is 23.3. The van der Waals surface area contributed by atoms with Gasteiger partial charge in [-0.2, -0.15) is 5.01 Å². The summed E-state index contributed by atoms with van der Waals surface area (Å²) in [5.41, 5.74) is 4.77. The van der Waals surface area contributed by atoms with Gasteiger partial charge in [-0.3, -0.25) is 15.1 Å². The third kappa shape index (κ3) is 5.74. The van der Waals surface area contributed by atoms with Crippen LogP contribution in [0.25, 0.3) is 0 Å². The van der Waals surface area contributed by atoms with Crippen LogP contribution in [0.4, 0.5) is 16.2 Å². The van der Waals surface area contributed by atoms with Crippen LogP contribution >= 0.6 is 0 Å². The van der Waals surface area contributed by atoms with Crippen molar-refractivity contribution in [3.8, 4) is 0 Å². The van der Waals surface area contributed by atoms with Crippen molar-refractivity contribution in [2.75, 3.05) is 43.0 Å². The third-order valence-corrected chi connectivity index (χ3v) is 5.80. The van der Waals surface area contributed by atoms with E-state index >= 15 is 0 Å². The molecule has 1 saturated heterocycles. The predicted molar refractivity (Wildman–Crippen MR) is 134 cm³/mol. The SMILES string of the molecule is CCCCN1CCN(C(=O)c2ccc(NC(=O)N(c3ccccc3)N3N=CC=CN3)cc2)CC1. The lowest BCUT2D eigenvalue weighted by Crippen LogP contribution is -2.51. The number of hydrazine groups is 2. The second-order valence-electron chi connectivity index (χ2n) is 8.18. The standard InChI is InChI=1S/C25H31N7O2/c1-2-3-16-29-17-19-30(20-18-29)24(33)21-10-12-22(13-11-21)28-25(34)31(23-8-5-4-6-9-23)32-26-14-7-15-27-32/h4-15,26H,2-3,16-20H2,1H3,(H,28,34). The fourth-order valence-corrected chi connectivity index (χ4v) is 3.89. The summed E-state index contributed by atoms with van der Waals surface area (Å²) in [6, 6.07) is 15.8. The number of unbranched alkanes of at least 4 members (excludes halogenated alkanes) is 1. The van der Waals surface area contributed by atoms with E-state index in [0.717, 1.165) is 32.7 Å². The van der Waals surface area contributed by atoms with E-state index in [1.807, 2.05) is 35.2 Å². The highest BCUT2D eigenvalue weighted by Crippen LogP contribution is 2.19. The van der Waals surface area contributed by atoms with Crippen LogP contribution in [0.1, 0.15) is 30.1 Å². The van der Waals surface area contributed by atoms with Crippen LogP contribution < -0.4 is 15.8 Å². The van der Waals surface area contributed by atoms with Crippen LogP contribution in [0.2, 0.25) is 0 Å². The van der Waals surface area contributed by atoms with Crippen LogP contribution in [0.3, 0.4) is 0 Å². The molecule has 178 valence electrons. The number of amides is 3. The Hall–Kier alpha value is -3.85. The minimum Gasteiger partial charge on any atom is -0.336 e. The fraction of sp³-hybridized carbons (Fsp3) is 0.320. The van der Waals surface area contributed by atoms with E-state index in [2.05, 4.69) is 27.7 Å². The topological polar surface area (TPSA) is 83.5 Å². The summed E-state index contributed by atoms with van der Waals surface area (Å²) in [4.78, 5) is 30.4. The first-order chi connectivity index (χ1) is 16.7. The Balaban J connectivity index is 1.38. The van der Waals surface area contributed by atoms with Crippen molar-refractivity contribution in [1.29, 1.82) is 0 Å². The molecule has 0 spiro atoms. The normalized spacial score (nSPS) is 15.7. The Bertz CT molecular complexity index is 1020. The molecule has 9 nitrogen and oxygen atoms in total. The molecule has 3 amide bonds. The summed E-state index contributed by atoms with van der Waals surface area (Å²) >= 11 is 0. The van der Waals surface area contributed by atoms with Gasteiger partial charge in [-0.05, 0) is 55.4 Å². The number of rotatable bonds is 7. The van der Waals surface area contributed by atoms with Crippen LogP contribution in [-0.2, 0) is 0 Å². The summed E-state index contributed by atoms with van der Waals surface area (Å²) in [7, 11) is 0. The van der Waals surface area contributed by atoms with Gasteiger partial charge in [0.1, 0.15) is 0 Å². The zero-order valence-electron chi connectivity index (χ0n) is 19.4. The van der Waals surface area contributed by atoms with Gasteiger partial charge in [0, 0.05) is 43.6 Å². The molecule has 2 aromatic rings. The molecule has 2 aromatic carbocycles. The first-order valence-corrected chi connectivity index (χ1v) is 11.7. The number of piperazine rings is 1. The molecule has 0 bridgehead atoms. The highest BCUT2D eigenvalue weighted by atomic mass is 16.2. The van der Waals surface area contributed by atoms with Crippen LogP contribution in [0, 0.1) is 0 Å². The molecule has 0 aromatic heterocycles. The van der Waals surface area contributed by atoms with Gasteiger partial charge in [0.2, 0.25) is 0 Å². The molecule has 1 fully saturated rings. The molecular weight excluding hydrogens is 430 g/mol. The molecule has 9 heteroatoms. The molecule has 34 heavy (non-hydrogen) atoms. The second kappa shape index (κ2) is 11.3. The molecule has 0 aliphatic carbocycles. The van der Waals surface area contributed by atoms with Crippen molar-refractivity contribution in [3.63, 3.8) is 0 Å².